The SMILES string of the molecule is CCc1nn(C)cc1C(NC)c1cscc1Br. The van der Waals surface area contributed by atoms with Crippen LogP contribution in [-0.4, -0.2) is 16.8 Å². The van der Waals surface area contributed by atoms with Gasteiger partial charge in [0, 0.05) is 28.7 Å². The Labute approximate surface area is 114 Å². The highest BCUT2D eigenvalue weighted by Gasteiger charge is 2.20. The zero-order valence-corrected chi connectivity index (χ0v) is 12.6. The largest absolute Gasteiger partial charge is 0.309 e. The third-order valence-electron chi connectivity index (χ3n) is 2.83. The number of rotatable bonds is 4. The molecular weight excluding hydrogens is 298 g/mol. The Morgan fingerprint density at radius 3 is 2.76 bits per heavy atom. The minimum absolute atomic E-state index is 0.208. The molecule has 1 unspecified atom stereocenters. The van der Waals surface area contributed by atoms with Crippen LogP contribution in [0.5, 0.6) is 0 Å². The van der Waals surface area contributed by atoms with Crippen LogP contribution >= 0.6 is 27.3 Å². The monoisotopic (exact) mass is 313 g/mol. The third kappa shape index (κ3) is 2.46. The van der Waals surface area contributed by atoms with Crippen molar-refractivity contribution in [1.82, 2.24) is 15.1 Å². The van der Waals surface area contributed by atoms with E-state index in [1.54, 1.807) is 11.3 Å². The van der Waals surface area contributed by atoms with Gasteiger partial charge in [-0.05, 0) is 40.3 Å². The summed E-state index contributed by atoms with van der Waals surface area (Å²) in [5.74, 6) is 0. The summed E-state index contributed by atoms with van der Waals surface area (Å²) < 4.78 is 3.05. The summed E-state index contributed by atoms with van der Waals surface area (Å²) in [6.07, 6.45) is 3.06. The van der Waals surface area contributed by atoms with E-state index in [9.17, 15) is 0 Å². The van der Waals surface area contributed by atoms with Crippen LogP contribution in [0.15, 0.2) is 21.4 Å². The molecule has 2 rings (SSSR count). The maximum Gasteiger partial charge on any atom is 0.0673 e. The summed E-state index contributed by atoms with van der Waals surface area (Å²) in [6, 6.07) is 0.208. The van der Waals surface area contributed by atoms with Crippen LogP contribution < -0.4 is 5.32 Å². The number of hydrogen-bond donors (Lipinski definition) is 1. The molecule has 1 N–H and O–H groups in total. The number of nitrogens with zero attached hydrogens (tertiary/aromatic N) is 2. The van der Waals surface area contributed by atoms with Gasteiger partial charge in [-0.2, -0.15) is 16.4 Å². The number of thiophene rings is 1. The average molecular weight is 314 g/mol. The van der Waals surface area contributed by atoms with Crippen LogP contribution in [-0.2, 0) is 13.5 Å². The number of hydrogen-bond acceptors (Lipinski definition) is 3. The predicted molar refractivity (Wildman–Crippen MR) is 75.5 cm³/mol. The minimum atomic E-state index is 0.208. The quantitative estimate of drug-likeness (QED) is 0.940. The first-order valence-corrected chi connectivity index (χ1v) is 7.32. The molecule has 1 atom stereocenters. The van der Waals surface area contributed by atoms with Crippen molar-refractivity contribution in [3.8, 4) is 0 Å². The minimum Gasteiger partial charge on any atom is -0.309 e. The van der Waals surface area contributed by atoms with E-state index in [0.29, 0.717) is 0 Å². The van der Waals surface area contributed by atoms with E-state index in [1.807, 2.05) is 18.8 Å². The van der Waals surface area contributed by atoms with Crippen molar-refractivity contribution in [3.63, 3.8) is 0 Å². The average Bonchev–Trinajstić information content (AvgIpc) is 2.88. The Morgan fingerprint density at radius 2 is 2.24 bits per heavy atom. The molecule has 0 aliphatic heterocycles. The van der Waals surface area contributed by atoms with Crippen LogP contribution in [0.4, 0.5) is 0 Å². The van der Waals surface area contributed by atoms with E-state index in [4.69, 9.17) is 0 Å². The molecule has 0 saturated carbocycles. The molecule has 3 nitrogen and oxygen atoms in total. The Kier molecular flexibility index (Phi) is 4.01. The zero-order valence-electron chi connectivity index (χ0n) is 10.2. The van der Waals surface area contributed by atoms with E-state index >= 15 is 0 Å². The van der Waals surface area contributed by atoms with E-state index in [1.165, 1.54) is 11.1 Å². The Balaban J connectivity index is 2.45. The molecule has 2 aromatic rings. The molecule has 0 aliphatic rings. The summed E-state index contributed by atoms with van der Waals surface area (Å²) in [6.45, 7) is 2.14. The summed E-state index contributed by atoms with van der Waals surface area (Å²) >= 11 is 5.31. The fourth-order valence-corrected chi connectivity index (χ4v) is 3.60. The summed E-state index contributed by atoms with van der Waals surface area (Å²) in [7, 11) is 3.96. The highest BCUT2D eigenvalue weighted by atomic mass is 79.9. The second kappa shape index (κ2) is 5.33. The van der Waals surface area contributed by atoms with Gasteiger partial charge in [-0.1, -0.05) is 6.92 Å². The van der Waals surface area contributed by atoms with Gasteiger partial charge in [-0.25, -0.2) is 0 Å². The fourth-order valence-electron chi connectivity index (χ4n) is 2.04. The van der Waals surface area contributed by atoms with Crippen molar-refractivity contribution in [2.45, 2.75) is 19.4 Å². The molecular formula is C12H16BrN3S. The first kappa shape index (κ1) is 12.8. The van der Waals surface area contributed by atoms with Gasteiger partial charge < -0.3 is 5.32 Å². The molecule has 0 spiro atoms. The maximum atomic E-state index is 4.50. The molecule has 0 amide bonds. The predicted octanol–water partition coefficient (Wildman–Crippen LogP) is 3.12. The molecule has 0 saturated heterocycles. The number of halogens is 1. The normalized spacial score (nSPS) is 12.9. The fraction of sp³-hybridized carbons (Fsp3) is 0.417. The van der Waals surface area contributed by atoms with Crippen LogP contribution in [0, 0.1) is 0 Å². The van der Waals surface area contributed by atoms with E-state index in [2.05, 4.69) is 50.2 Å². The lowest BCUT2D eigenvalue weighted by molar-refractivity contribution is 0.683. The van der Waals surface area contributed by atoms with Gasteiger partial charge in [0.05, 0.1) is 11.7 Å². The highest BCUT2D eigenvalue weighted by Crippen LogP contribution is 2.32. The molecule has 0 bridgehead atoms. The molecule has 2 heterocycles. The molecule has 17 heavy (non-hydrogen) atoms. The van der Waals surface area contributed by atoms with Crippen molar-refractivity contribution >= 4 is 27.3 Å². The van der Waals surface area contributed by atoms with Crippen molar-refractivity contribution in [3.05, 3.63) is 38.3 Å². The summed E-state index contributed by atoms with van der Waals surface area (Å²) in [5, 5.41) is 12.2. The van der Waals surface area contributed by atoms with Crippen molar-refractivity contribution in [2.75, 3.05) is 7.05 Å². The molecule has 0 aliphatic carbocycles. The summed E-state index contributed by atoms with van der Waals surface area (Å²) in [5.41, 5.74) is 3.70. The lowest BCUT2D eigenvalue weighted by Gasteiger charge is -2.15. The van der Waals surface area contributed by atoms with E-state index < -0.39 is 0 Å². The third-order valence-corrected chi connectivity index (χ3v) is 4.58. The molecule has 92 valence electrons. The van der Waals surface area contributed by atoms with Crippen molar-refractivity contribution in [2.24, 2.45) is 7.05 Å². The van der Waals surface area contributed by atoms with Gasteiger partial charge in [0.15, 0.2) is 0 Å². The molecule has 0 fully saturated rings. The lowest BCUT2D eigenvalue weighted by atomic mass is 10.0. The molecule has 5 heteroatoms. The number of aryl methyl sites for hydroxylation is 2. The van der Waals surface area contributed by atoms with E-state index in [0.717, 1.165) is 16.6 Å². The van der Waals surface area contributed by atoms with E-state index in [-0.39, 0.29) is 6.04 Å². The van der Waals surface area contributed by atoms with Gasteiger partial charge >= 0.3 is 0 Å². The Hall–Kier alpha value is -0.650. The standard InChI is InChI=1S/C12H16BrN3S/c1-4-11-8(5-16(3)15-11)12(14-2)9-6-17-7-10(9)13/h5-7,12,14H,4H2,1-3H3. The van der Waals surface area contributed by atoms with Gasteiger partial charge in [0.25, 0.3) is 0 Å². The van der Waals surface area contributed by atoms with Gasteiger partial charge in [-0.3, -0.25) is 4.68 Å². The lowest BCUT2D eigenvalue weighted by Crippen LogP contribution is -2.18. The second-order valence-electron chi connectivity index (χ2n) is 3.96. The zero-order chi connectivity index (χ0) is 12.4. The van der Waals surface area contributed by atoms with Crippen LogP contribution in [0.1, 0.15) is 29.8 Å². The molecule has 0 aromatic carbocycles. The number of nitrogens with one attached hydrogen (secondary N) is 1. The topological polar surface area (TPSA) is 29.9 Å². The van der Waals surface area contributed by atoms with Crippen molar-refractivity contribution in [1.29, 1.82) is 0 Å². The Morgan fingerprint density at radius 1 is 1.47 bits per heavy atom. The summed E-state index contributed by atoms with van der Waals surface area (Å²) in [4.78, 5) is 0. The second-order valence-corrected chi connectivity index (χ2v) is 5.55. The first-order chi connectivity index (χ1) is 8.17. The molecule has 2 aromatic heterocycles. The number of aromatic nitrogens is 2. The van der Waals surface area contributed by atoms with Crippen LogP contribution in [0.3, 0.4) is 0 Å². The maximum absolute atomic E-state index is 4.50. The van der Waals surface area contributed by atoms with Crippen molar-refractivity contribution < 1.29 is 0 Å². The Bertz CT molecular complexity index is 504. The molecule has 0 radical (unpaired) electrons. The smallest absolute Gasteiger partial charge is 0.0673 e. The van der Waals surface area contributed by atoms with Gasteiger partial charge in [-0.15, -0.1) is 0 Å². The first-order valence-electron chi connectivity index (χ1n) is 5.58. The van der Waals surface area contributed by atoms with Gasteiger partial charge in [0.2, 0.25) is 0 Å². The van der Waals surface area contributed by atoms with Gasteiger partial charge in [0.1, 0.15) is 0 Å². The van der Waals surface area contributed by atoms with Crippen LogP contribution in [0.2, 0.25) is 0 Å². The highest BCUT2D eigenvalue weighted by molar-refractivity contribution is 9.10. The van der Waals surface area contributed by atoms with Crippen LogP contribution in [0.25, 0.3) is 0 Å².